The molecule has 1 N–H and O–H groups in total. The van der Waals surface area contributed by atoms with Crippen molar-refractivity contribution < 1.29 is 5.21 Å². The van der Waals surface area contributed by atoms with Gasteiger partial charge in [0.2, 0.25) is 0 Å². The molecule has 0 aliphatic heterocycles. The average molecular weight is 138 g/mol. The highest BCUT2D eigenvalue weighted by Gasteiger charge is 1.89. The van der Waals surface area contributed by atoms with Crippen molar-refractivity contribution in [2.75, 3.05) is 0 Å². The second-order valence-electron chi connectivity index (χ2n) is 2.23. The van der Waals surface area contributed by atoms with E-state index in [1.54, 1.807) is 4.57 Å². The Kier molecular flexibility index (Phi) is 1.76. The summed E-state index contributed by atoms with van der Waals surface area (Å²) in [6.45, 7) is 1.90. The Bertz CT molecular complexity index is 265. The molecule has 3 heteroatoms. The minimum Gasteiger partial charge on any atom is -0.409 e. The van der Waals surface area contributed by atoms with Crippen LogP contribution in [0.5, 0.6) is 0 Å². The van der Waals surface area contributed by atoms with E-state index in [-0.39, 0.29) is 0 Å². The third-order valence-corrected chi connectivity index (χ3v) is 1.44. The van der Waals surface area contributed by atoms with Gasteiger partial charge in [0.1, 0.15) is 0 Å². The zero-order valence-corrected chi connectivity index (χ0v) is 6.07. The maximum atomic E-state index is 8.50. The van der Waals surface area contributed by atoms with Crippen molar-refractivity contribution in [3.8, 4) is 0 Å². The first kappa shape index (κ1) is 6.86. The van der Waals surface area contributed by atoms with Gasteiger partial charge in [0.15, 0.2) is 5.49 Å². The van der Waals surface area contributed by atoms with Crippen LogP contribution in [0.25, 0.3) is 0 Å². The molecular weight excluding hydrogens is 128 g/mol. The van der Waals surface area contributed by atoms with Gasteiger partial charge in [0.25, 0.3) is 0 Å². The molecular formula is C7H10N2O. The Labute approximate surface area is 59.2 Å². The highest BCUT2D eigenvalue weighted by atomic mass is 16.4. The van der Waals surface area contributed by atoms with Crippen LogP contribution in [0.1, 0.15) is 5.56 Å². The lowest BCUT2D eigenvalue weighted by atomic mass is 10.3. The Balaban J connectivity index is 3.47. The highest BCUT2D eigenvalue weighted by molar-refractivity contribution is 5.05. The maximum Gasteiger partial charge on any atom is 0.174 e. The van der Waals surface area contributed by atoms with Gasteiger partial charge in [-0.3, -0.25) is 0 Å². The van der Waals surface area contributed by atoms with Gasteiger partial charge in [0.05, 0.1) is 0 Å². The van der Waals surface area contributed by atoms with Crippen LogP contribution in [-0.2, 0) is 7.05 Å². The summed E-state index contributed by atoms with van der Waals surface area (Å²) in [5.74, 6) is 0. The molecule has 0 radical (unpaired) electrons. The standard InChI is InChI=1S/C7H10N2O/c1-6-4-3-5-9(2)7(6)8-10/h3-5,10H,1-2H3. The molecule has 0 fully saturated rings. The van der Waals surface area contributed by atoms with E-state index < -0.39 is 0 Å². The first-order valence-corrected chi connectivity index (χ1v) is 3.06. The van der Waals surface area contributed by atoms with Crippen LogP contribution in [0.2, 0.25) is 0 Å². The molecule has 0 aromatic carbocycles. The maximum absolute atomic E-state index is 8.50. The molecule has 0 atom stereocenters. The smallest absolute Gasteiger partial charge is 0.174 e. The lowest BCUT2D eigenvalue weighted by Gasteiger charge is -1.98. The molecule has 0 spiro atoms. The fraction of sp³-hybridized carbons (Fsp3) is 0.286. The van der Waals surface area contributed by atoms with Crippen molar-refractivity contribution in [3.05, 3.63) is 29.4 Å². The molecule has 1 heterocycles. The SMILES string of the molecule is Cc1cccn(C)c1=NO. The summed E-state index contributed by atoms with van der Waals surface area (Å²) in [6.07, 6.45) is 1.84. The number of rotatable bonds is 0. The third kappa shape index (κ3) is 1.03. The highest BCUT2D eigenvalue weighted by Crippen LogP contribution is 1.85. The predicted octanol–water partition coefficient (Wildman–Crippen LogP) is 0.623. The topological polar surface area (TPSA) is 37.5 Å². The van der Waals surface area contributed by atoms with Gasteiger partial charge < -0.3 is 9.77 Å². The second kappa shape index (κ2) is 2.56. The predicted molar refractivity (Wildman–Crippen MR) is 37.5 cm³/mol. The van der Waals surface area contributed by atoms with Gasteiger partial charge in [-0.1, -0.05) is 11.2 Å². The molecule has 1 aromatic heterocycles. The Morgan fingerprint density at radius 3 is 2.70 bits per heavy atom. The summed E-state index contributed by atoms with van der Waals surface area (Å²) in [5, 5.41) is 11.6. The third-order valence-electron chi connectivity index (χ3n) is 1.44. The minimum absolute atomic E-state index is 0.600. The van der Waals surface area contributed by atoms with Crippen LogP contribution in [0.4, 0.5) is 0 Å². The second-order valence-corrected chi connectivity index (χ2v) is 2.23. The van der Waals surface area contributed by atoms with Crippen molar-refractivity contribution in [2.24, 2.45) is 12.2 Å². The van der Waals surface area contributed by atoms with Gasteiger partial charge in [-0.15, -0.1) is 0 Å². The zero-order chi connectivity index (χ0) is 7.56. The molecule has 54 valence electrons. The number of aromatic nitrogens is 1. The van der Waals surface area contributed by atoms with Crippen LogP contribution in [0, 0.1) is 6.92 Å². The Hall–Kier alpha value is -1.25. The normalized spacial score (nSPS) is 12.0. The largest absolute Gasteiger partial charge is 0.409 e. The van der Waals surface area contributed by atoms with Crippen molar-refractivity contribution in [2.45, 2.75) is 6.92 Å². The first-order valence-electron chi connectivity index (χ1n) is 3.06. The van der Waals surface area contributed by atoms with E-state index in [0.717, 1.165) is 5.56 Å². The van der Waals surface area contributed by atoms with Crippen LogP contribution in [0.15, 0.2) is 23.5 Å². The van der Waals surface area contributed by atoms with Crippen molar-refractivity contribution in [1.82, 2.24) is 4.57 Å². The van der Waals surface area contributed by atoms with Gasteiger partial charge >= 0.3 is 0 Å². The average Bonchev–Trinajstić information content (AvgIpc) is 1.88. The summed E-state index contributed by atoms with van der Waals surface area (Å²) in [7, 11) is 1.84. The molecule has 3 nitrogen and oxygen atoms in total. The number of hydrogen-bond donors (Lipinski definition) is 1. The Morgan fingerprint density at radius 2 is 2.30 bits per heavy atom. The molecule has 0 bridgehead atoms. The van der Waals surface area contributed by atoms with E-state index in [1.165, 1.54) is 0 Å². The summed E-state index contributed by atoms with van der Waals surface area (Å²) < 4.78 is 1.76. The monoisotopic (exact) mass is 138 g/mol. The summed E-state index contributed by atoms with van der Waals surface area (Å²) in [5.41, 5.74) is 1.56. The fourth-order valence-corrected chi connectivity index (χ4v) is 0.889. The number of aryl methyl sites for hydroxylation is 2. The van der Waals surface area contributed by atoms with Crippen molar-refractivity contribution in [3.63, 3.8) is 0 Å². The first-order chi connectivity index (χ1) is 4.75. The van der Waals surface area contributed by atoms with E-state index in [0.29, 0.717) is 5.49 Å². The molecule has 10 heavy (non-hydrogen) atoms. The quantitative estimate of drug-likeness (QED) is 0.414. The van der Waals surface area contributed by atoms with Gasteiger partial charge in [-0.25, -0.2) is 0 Å². The van der Waals surface area contributed by atoms with Crippen LogP contribution < -0.4 is 5.49 Å². The van der Waals surface area contributed by atoms with E-state index in [9.17, 15) is 0 Å². The summed E-state index contributed by atoms with van der Waals surface area (Å²) in [6, 6.07) is 3.80. The minimum atomic E-state index is 0.600. The molecule has 0 unspecified atom stereocenters. The zero-order valence-electron chi connectivity index (χ0n) is 6.07. The molecule has 0 aliphatic rings. The lowest BCUT2D eigenvalue weighted by Crippen LogP contribution is -2.19. The summed E-state index contributed by atoms with van der Waals surface area (Å²) in [4.78, 5) is 0. The van der Waals surface area contributed by atoms with Crippen LogP contribution in [-0.4, -0.2) is 9.77 Å². The van der Waals surface area contributed by atoms with Gasteiger partial charge in [0, 0.05) is 13.2 Å². The Morgan fingerprint density at radius 1 is 1.60 bits per heavy atom. The number of hydrogen-bond acceptors (Lipinski definition) is 2. The van der Waals surface area contributed by atoms with Crippen LogP contribution >= 0.6 is 0 Å². The molecule has 0 aliphatic carbocycles. The van der Waals surface area contributed by atoms with Gasteiger partial charge in [-0.2, -0.15) is 0 Å². The fourth-order valence-electron chi connectivity index (χ4n) is 0.889. The van der Waals surface area contributed by atoms with E-state index in [2.05, 4.69) is 5.16 Å². The van der Waals surface area contributed by atoms with Crippen molar-refractivity contribution >= 4 is 0 Å². The summed E-state index contributed by atoms with van der Waals surface area (Å²) >= 11 is 0. The van der Waals surface area contributed by atoms with E-state index in [1.807, 2.05) is 32.3 Å². The molecule has 1 rings (SSSR count). The van der Waals surface area contributed by atoms with Crippen molar-refractivity contribution in [1.29, 1.82) is 0 Å². The van der Waals surface area contributed by atoms with E-state index >= 15 is 0 Å². The van der Waals surface area contributed by atoms with Gasteiger partial charge in [-0.05, 0) is 18.6 Å². The van der Waals surface area contributed by atoms with Crippen LogP contribution in [0.3, 0.4) is 0 Å². The molecule has 1 aromatic rings. The number of nitrogens with zero attached hydrogens (tertiary/aromatic N) is 2. The number of pyridine rings is 1. The molecule has 0 amide bonds. The lowest BCUT2D eigenvalue weighted by molar-refractivity contribution is 0.294. The molecule has 0 saturated carbocycles. The van der Waals surface area contributed by atoms with E-state index in [4.69, 9.17) is 5.21 Å². The molecule has 0 saturated heterocycles.